The molecule has 0 bridgehead atoms. The molecule has 0 spiro atoms. The molecule has 1 amide bonds. The van der Waals surface area contributed by atoms with Gasteiger partial charge in [-0.3, -0.25) is 9.59 Å². The first-order valence-electron chi connectivity index (χ1n) is 9.43. The number of likely N-dealkylation sites (tertiary alicyclic amines) is 1. The Morgan fingerprint density at radius 3 is 2.86 bits per heavy atom. The quantitative estimate of drug-likeness (QED) is 0.257. The number of likely N-dealkylation sites (N-methyl/N-ethyl adjacent to an activating group) is 1. The zero-order valence-corrected chi connectivity index (χ0v) is 20.0. The largest absolute Gasteiger partial charge is 0.466 e. The lowest BCUT2D eigenvalue weighted by Gasteiger charge is -2.34. The predicted molar refractivity (Wildman–Crippen MR) is 123 cm³/mol. The van der Waals surface area contributed by atoms with Crippen molar-refractivity contribution in [3.63, 3.8) is 0 Å². The highest BCUT2D eigenvalue weighted by Gasteiger charge is 2.28. The third-order valence-electron chi connectivity index (χ3n) is 4.44. The van der Waals surface area contributed by atoms with E-state index >= 15 is 0 Å². The number of aliphatic imine (C=N–C) groups is 1. The van der Waals surface area contributed by atoms with Gasteiger partial charge in [0.25, 0.3) is 0 Å². The zero-order chi connectivity index (χ0) is 19.6. The van der Waals surface area contributed by atoms with Crippen LogP contribution in [0.15, 0.2) is 22.5 Å². The van der Waals surface area contributed by atoms with Gasteiger partial charge in [-0.25, -0.2) is 4.99 Å². The van der Waals surface area contributed by atoms with E-state index in [0.29, 0.717) is 19.1 Å². The molecule has 158 valence electrons. The monoisotopic (exact) mass is 522 g/mol. The van der Waals surface area contributed by atoms with Crippen molar-refractivity contribution in [2.24, 2.45) is 10.9 Å². The van der Waals surface area contributed by atoms with Crippen LogP contribution in [0.5, 0.6) is 0 Å². The van der Waals surface area contributed by atoms with Crippen LogP contribution in [0.3, 0.4) is 0 Å². The van der Waals surface area contributed by atoms with Gasteiger partial charge in [0.05, 0.1) is 12.5 Å². The fourth-order valence-electron chi connectivity index (χ4n) is 2.93. The summed E-state index contributed by atoms with van der Waals surface area (Å²) < 4.78 is 5.18. The number of rotatable bonds is 7. The zero-order valence-electron chi connectivity index (χ0n) is 16.8. The molecule has 1 aromatic heterocycles. The molecule has 1 saturated heterocycles. The van der Waals surface area contributed by atoms with E-state index in [-0.39, 0.29) is 48.3 Å². The number of hydrogen-bond donors (Lipinski definition) is 1. The Bertz CT molecular complexity index is 637. The van der Waals surface area contributed by atoms with E-state index < -0.39 is 0 Å². The van der Waals surface area contributed by atoms with E-state index in [9.17, 15) is 9.59 Å². The molecule has 7 nitrogen and oxygen atoms in total. The molecule has 0 aromatic carbocycles. The second-order valence-corrected chi connectivity index (χ2v) is 7.75. The van der Waals surface area contributed by atoms with E-state index in [0.717, 1.165) is 32.4 Å². The minimum Gasteiger partial charge on any atom is -0.466 e. The van der Waals surface area contributed by atoms with Gasteiger partial charge in [-0.2, -0.15) is 0 Å². The van der Waals surface area contributed by atoms with Crippen molar-refractivity contribution in [3.8, 4) is 0 Å². The van der Waals surface area contributed by atoms with Gasteiger partial charge in [0.2, 0.25) is 5.91 Å². The molecule has 2 rings (SSSR count). The van der Waals surface area contributed by atoms with Crippen LogP contribution >= 0.6 is 35.3 Å². The maximum atomic E-state index is 12.1. The van der Waals surface area contributed by atoms with Gasteiger partial charge in [-0.15, -0.1) is 35.3 Å². The average Bonchev–Trinajstić information content (AvgIpc) is 3.18. The lowest BCUT2D eigenvalue weighted by Crippen LogP contribution is -2.49. The molecule has 1 atom stereocenters. The van der Waals surface area contributed by atoms with Crippen LogP contribution in [-0.4, -0.2) is 74.5 Å². The van der Waals surface area contributed by atoms with E-state index in [1.165, 1.54) is 9.78 Å². The van der Waals surface area contributed by atoms with Crippen LogP contribution in [0, 0.1) is 5.92 Å². The molecular formula is C19H31IN4O3S. The number of hydrogen-bond acceptors (Lipinski definition) is 5. The number of nitrogens with zero attached hydrogens (tertiary/aromatic N) is 3. The first-order chi connectivity index (χ1) is 13.0. The summed E-state index contributed by atoms with van der Waals surface area (Å²) >= 11 is 1.73. The van der Waals surface area contributed by atoms with Crippen LogP contribution in [0.1, 0.15) is 24.6 Å². The Labute approximate surface area is 188 Å². The molecule has 0 aliphatic carbocycles. The number of halogens is 1. The van der Waals surface area contributed by atoms with Gasteiger partial charge in [-0.05, 0) is 37.6 Å². The number of carbonyl (C=O) groups is 2. The standard InChI is InChI=1S/C19H30N4O3S.HI/c1-4-26-18(25)15-7-5-11-23(14-15)19(21-13-17(24)22(2)3)20-10-9-16-8-6-12-27-16;/h6,8,12,15H,4-5,7,9-11,13-14H2,1-3H3,(H,20,21);1H. The predicted octanol–water partition coefficient (Wildman–Crippen LogP) is 2.22. The van der Waals surface area contributed by atoms with Crippen LogP contribution in [0.25, 0.3) is 0 Å². The van der Waals surface area contributed by atoms with Crippen LogP contribution in [-0.2, 0) is 20.7 Å². The van der Waals surface area contributed by atoms with Gasteiger partial charge in [0.15, 0.2) is 5.96 Å². The summed E-state index contributed by atoms with van der Waals surface area (Å²) in [7, 11) is 3.44. The van der Waals surface area contributed by atoms with Gasteiger partial charge < -0.3 is 19.9 Å². The molecule has 28 heavy (non-hydrogen) atoms. The summed E-state index contributed by atoms with van der Waals surface area (Å²) in [5, 5.41) is 5.44. The maximum absolute atomic E-state index is 12.1. The van der Waals surface area contributed by atoms with Crippen molar-refractivity contribution in [1.29, 1.82) is 0 Å². The van der Waals surface area contributed by atoms with Gasteiger partial charge >= 0.3 is 5.97 Å². The van der Waals surface area contributed by atoms with Crippen molar-refractivity contribution >= 4 is 53.1 Å². The molecule has 0 radical (unpaired) electrons. The second kappa shape index (κ2) is 13.0. The normalized spacial score (nSPS) is 16.9. The molecule has 2 heterocycles. The topological polar surface area (TPSA) is 74.2 Å². The van der Waals surface area contributed by atoms with E-state index in [2.05, 4.69) is 26.7 Å². The molecule has 1 aliphatic heterocycles. The summed E-state index contributed by atoms with van der Waals surface area (Å²) in [5.41, 5.74) is 0. The Kier molecular flexibility index (Phi) is 11.4. The SMILES string of the molecule is CCOC(=O)C1CCCN(C(=NCC(=O)N(C)C)NCCc2cccs2)C1.I. The molecule has 1 fully saturated rings. The second-order valence-electron chi connectivity index (χ2n) is 6.72. The lowest BCUT2D eigenvalue weighted by atomic mass is 9.98. The number of guanidine groups is 1. The van der Waals surface area contributed by atoms with Crippen LogP contribution in [0.2, 0.25) is 0 Å². The Balaban J connectivity index is 0.00000392. The summed E-state index contributed by atoms with van der Waals surface area (Å²) in [6.07, 6.45) is 2.62. The first-order valence-corrected chi connectivity index (χ1v) is 10.3. The highest BCUT2D eigenvalue weighted by molar-refractivity contribution is 14.0. The number of thiophene rings is 1. The number of carbonyl (C=O) groups excluding carboxylic acids is 2. The molecule has 0 saturated carbocycles. The van der Waals surface area contributed by atoms with Gasteiger partial charge in [0, 0.05) is 38.6 Å². The maximum Gasteiger partial charge on any atom is 0.310 e. The molecule has 1 aromatic rings. The number of piperidine rings is 1. The molecular weight excluding hydrogens is 491 g/mol. The van der Waals surface area contributed by atoms with E-state index in [1.54, 1.807) is 25.4 Å². The lowest BCUT2D eigenvalue weighted by molar-refractivity contribution is -0.149. The van der Waals surface area contributed by atoms with Crippen molar-refractivity contribution in [2.75, 3.05) is 46.9 Å². The molecule has 9 heteroatoms. The van der Waals surface area contributed by atoms with Crippen molar-refractivity contribution in [2.45, 2.75) is 26.2 Å². The highest BCUT2D eigenvalue weighted by atomic mass is 127. The molecule has 1 aliphatic rings. The Hall–Kier alpha value is -1.36. The number of amides is 1. The minimum atomic E-state index is -0.149. The summed E-state index contributed by atoms with van der Waals surface area (Å²) in [5.74, 6) is 0.347. The summed E-state index contributed by atoms with van der Waals surface area (Å²) in [4.78, 5) is 33.5. The number of esters is 1. The number of nitrogens with one attached hydrogen (secondary N) is 1. The van der Waals surface area contributed by atoms with Crippen molar-refractivity contribution < 1.29 is 14.3 Å². The third kappa shape index (κ3) is 7.94. The molecule has 1 unspecified atom stereocenters. The Morgan fingerprint density at radius 1 is 1.43 bits per heavy atom. The van der Waals surface area contributed by atoms with E-state index in [4.69, 9.17) is 4.74 Å². The van der Waals surface area contributed by atoms with Crippen LogP contribution in [0.4, 0.5) is 0 Å². The fraction of sp³-hybridized carbons (Fsp3) is 0.632. The summed E-state index contributed by atoms with van der Waals surface area (Å²) in [6, 6.07) is 4.15. The fourth-order valence-corrected chi connectivity index (χ4v) is 3.63. The third-order valence-corrected chi connectivity index (χ3v) is 5.37. The summed E-state index contributed by atoms with van der Waals surface area (Å²) in [6.45, 7) is 4.43. The van der Waals surface area contributed by atoms with Gasteiger partial charge in [-0.1, -0.05) is 6.07 Å². The average molecular weight is 522 g/mol. The van der Waals surface area contributed by atoms with Crippen molar-refractivity contribution in [3.05, 3.63) is 22.4 Å². The van der Waals surface area contributed by atoms with E-state index in [1.807, 2.05) is 13.0 Å². The van der Waals surface area contributed by atoms with Crippen LogP contribution < -0.4 is 5.32 Å². The number of ether oxygens (including phenoxy) is 1. The Morgan fingerprint density at radius 2 is 2.21 bits per heavy atom. The van der Waals surface area contributed by atoms with Gasteiger partial charge in [0.1, 0.15) is 6.54 Å². The highest BCUT2D eigenvalue weighted by Crippen LogP contribution is 2.18. The van der Waals surface area contributed by atoms with Crippen molar-refractivity contribution in [1.82, 2.24) is 15.1 Å². The minimum absolute atomic E-state index is 0. The first kappa shape index (κ1) is 24.7. The smallest absolute Gasteiger partial charge is 0.310 e. The molecule has 1 N–H and O–H groups in total.